The summed E-state index contributed by atoms with van der Waals surface area (Å²) < 4.78 is 16.7. The molecule has 1 saturated carbocycles. The molecule has 1 saturated heterocycles. The predicted molar refractivity (Wildman–Crippen MR) is 224 cm³/mol. The number of amides is 1. The number of hydrogen-bond acceptors (Lipinski definition) is 7. The van der Waals surface area contributed by atoms with Crippen LogP contribution in [-0.4, -0.2) is 112 Å². The first kappa shape index (κ1) is 40.3. The van der Waals surface area contributed by atoms with Crippen LogP contribution in [0.4, 0.5) is 5.69 Å². The first-order valence-corrected chi connectivity index (χ1v) is 21.9. The molecule has 2 N–H and O–H groups in total. The second-order valence-corrected chi connectivity index (χ2v) is 18.4. The van der Waals surface area contributed by atoms with Crippen molar-refractivity contribution in [3.8, 4) is 5.75 Å². The second-order valence-electron chi connectivity index (χ2n) is 16.2. The van der Waals surface area contributed by atoms with Gasteiger partial charge in [-0.15, -0.1) is 0 Å². The molecule has 10 heteroatoms. The maximum Gasteiger partial charge on any atom is 0.260 e. The van der Waals surface area contributed by atoms with Gasteiger partial charge in [0.25, 0.3) is 5.91 Å². The molecule has 2 bridgehead atoms. The van der Waals surface area contributed by atoms with E-state index >= 15 is 0 Å². The third-order valence-electron chi connectivity index (χ3n) is 12.5. The van der Waals surface area contributed by atoms with Gasteiger partial charge in [-0.05, 0) is 111 Å². The van der Waals surface area contributed by atoms with Gasteiger partial charge in [-0.2, -0.15) is 0 Å². The highest BCUT2D eigenvalue weighted by Crippen LogP contribution is 2.47. The molecular weight excluding hydrogens is 702 g/mol. The van der Waals surface area contributed by atoms with Gasteiger partial charge in [0.1, 0.15) is 11.4 Å². The minimum atomic E-state index is -0.547. The van der Waals surface area contributed by atoms with E-state index in [4.69, 9.17) is 21.1 Å². The predicted octanol–water partition coefficient (Wildman–Crippen LogP) is 7.24. The number of halogens is 1. The van der Waals surface area contributed by atoms with Crippen LogP contribution in [0.15, 0.2) is 48.6 Å². The van der Waals surface area contributed by atoms with Gasteiger partial charge in [0.05, 0.1) is 12.3 Å². The first-order valence-electron chi connectivity index (χ1n) is 20.1. The Kier molecular flexibility index (Phi) is 14.0. The Morgan fingerprint density at radius 2 is 1.91 bits per heavy atom. The number of methoxy groups -OCH3 is 1. The fraction of sp³-hybridized carbons (Fsp3) is 0.628. The number of aryl methyl sites for hydroxylation is 1. The Balaban J connectivity index is 1.38. The highest BCUT2D eigenvalue weighted by atomic mass is 35.5. The lowest BCUT2D eigenvalue weighted by atomic mass is 9.63. The Bertz CT molecular complexity index is 1610. The van der Waals surface area contributed by atoms with Gasteiger partial charge in [-0.3, -0.25) is 9.69 Å². The standard InChI is InChI=1S/C43H64ClN5O3S/c1-7-10-33-25-37(44)14-15-38(33)36-28-49-27-35-12-16-39(35)43(51-5,30-48-22-9-21-47(4)23-19-45-20-24-48)18-8-11-31(2)32(3)53(6)46-42(50)34-13-17-41(52-29-36)40(49)26-34/h8,13-15,17-18,25-26,31-32,35-36,39,45H,6-7,9-12,16,19-24,27-30H2,1-5H3,(H,46,50)/b18-8+. The molecule has 53 heavy (non-hydrogen) atoms. The maximum absolute atomic E-state index is 13.8. The summed E-state index contributed by atoms with van der Waals surface area (Å²) in [5.74, 6) is 6.50. The lowest BCUT2D eigenvalue weighted by molar-refractivity contribution is -0.0916. The van der Waals surface area contributed by atoms with E-state index in [0.29, 0.717) is 29.9 Å². The highest BCUT2D eigenvalue weighted by molar-refractivity contribution is 8.13. The minimum absolute atomic E-state index is 0.0724. The molecular formula is C43H64ClN5O3S. The van der Waals surface area contributed by atoms with Gasteiger partial charge in [-0.25, -0.2) is 0 Å². The van der Waals surface area contributed by atoms with Crippen LogP contribution in [0.25, 0.3) is 0 Å². The summed E-state index contributed by atoms with van der Waals surface area (Å²) in [5.41, 5.74) is 3.85. The Morgan fingerprint density at radius 1 is 1.08 bits per heavy atom. The molecule has 3 heterocycles. The van der Waals surface area contributed by atoms with E-state index in [1.807, 2.05) is 25.3 Å². The van der Waals surface area contributed by atoms with E-state index in [1.165, 1.54) is 11.1 Å². The first-order chi connectivity index (χ1) is 25.6. The summed E-state index contributed by atoms with van der Waals surface area (Å²) in [5, 5.41) is 4.67. The molecule has 0 radical (unpaired) electrons. The van der Waals surface area contributed by atoms with Crippen LogP contribution >= 0.6 is 22.3 Å². The Labute approximate surface area is 327 Å². The molecule has 7 atom stereocenters. The van der Waals surface area contributed by atoms with Crippen LogP contribution in [0, 0.1) is 17.8 Å². The monoisotopic (exact) mass is 765 g/mol. The minimum Gasteiger partial charge on any atom is -0.491 e. The van der Waals surface area contributed by atoms with E-state index in [9.17, 15) is 4.79 Å². The lowest BCUT2D eigenvalue weighted by Gasteiger charge is -2.51. The Hall–Kier alpha value is -2.40. The fourth-order valence-electron chi connectivity index (χ4n) is 8.90. The Morgan fingerprint density at radius 3 is 2.68 bits per heavy atom. The number of allylic oxidation sites excluding steroid dienone is 1. The van der Waals surface area contributed by atoms with E-state index in [2.05, 4.69) is 88.8 Å². The number of fused-ring (bicyclic) bond motifs is 2. The van der Waals surface area contributed by atoms with Crippen molar-refractivity contribution in [3.63, 3.8) is 0 Å². The SMILES string of the molecule is C=S1NC(=O)c2ccc3c(c2)N(CC(c2ccc(Cl)cc2CCC)CO3)CC2CCC2C(CN2CCCN(C)CCNCC2)(OC)/C=C/CC(C)C1C. The van der Waals surface area contributed by atoms with Crippen molar-refractivity contribution < 1.29 is 14.3 Å². The van der Waals surface area contributed by atoms with Crippen molar-refractivity contribution in [2.75, 3.05) is 84.6 Å². The van der Waals surface area contributed by atoms with Gasteiger partial charge in [0.15, 0.2) is 0 Å². The third-order valence-corrected chi connectivity index (χ3v) is 14.6. The van der Waals surface area contributed by atoms with E-state index in [0.717, 1.165) is 114 Å². The molecule has 0 spiro atoms. The van der Waals surface area contributed by atoms with Gasteiger partial charge < -0.3 is 29.3 Å². The number of anilines is 1. The van der Waals surface area contributed by atoms with Crippen LogP contribution in [0.2, 0.25) is 5.02 Å². The number of hydrogen-bond donors (Lipinski definition) is 2. The molecule has 1 amide bonds. The maximum atomic E-state index is 13.8. The molecule has 292 valence electrons. The number of nitrogens with zero attached hydrogens (tertiary/aromatic N) is 3. The third kappa shape index (κ3) is 9.71. The van der Waals surface area contributed by atoms with Crippen LogP contribution < -0.4 is 19.7 Å². The molecule has 8 nitrogen and oxygen atoms in total. The quantitative estimate of drug-likeness (QED) is 0.238. The van der Waals surface area contributed by atoms with Gasteiger partial charge in [0, 0.05) is 74.7 Å². The van der Waals surface area contributed by atoms with Crippen molar-refractivity contribution in [1.29, 1.82) is 0 Å². The van der Waals surface area contributed by atoms with Crippen molar-refractivity contribution in [3.05, 3.63) is 70.3 Å². The number of likely N-dealkylation sites (N-methyl/N-ethyl adjacent to an activating group) is 1. The van der Waals surface area contributed by atoms with Crippen molar-refractivity contribution in [2.45, 2.75) is 76.1 Å². The smallest absolute Gasteiger partial charge is 0.260 e. The number of ether oxygens (including phenoxy) is 2. The summed E-state index contributed by atoms with van der Waals surface area (Å²) in [6.45, 7) is 16.1. The number of nitrogens with one attached hydrogen (secondary N) is 2. The summed E-state index contributed by atoms with van der Waals surface area (Å²) in [7, 11) is 3.62. The zero-order valence-electron chi connectivity index (χ0n) is 32.9. The fourth-order valence-corrected chi connectivity index (χ4v) is 10.3. The van der Waals surface area contributed by atoms with E-state index in [1.54, 1.807) is 0 Å². The second kappa shape index (κ2) is 18.5. The van der Waals surface area contributed by atoms with E-state index < -0.39 is 16.3 Å². The van der Waals surface area contributed by atoms with Gasteiger partial charge in [0.2, 0.25) is 0 Å². The van der Waals surface area contributed by atoms with Crippen molar-refractivity contribution in [1.82, 2.24) is 19.8 Å². The number of rotatable bonds is 6. The van der Waals surface area contributed by atoms with Gasteiger partial charge >= 0.3 is 0 Å². The van der Waals surface area contributed by atoms with Crippen LogP contribution in [0.5, 0.6) is 5.75 Å². The molecule has 2 aromatic rings. The van der Waals surface area contributed by atoms with Crippen LogP contribution in [0.1, 0.15) is 80.3 Å². The number of carbonyl (C=O) groups is 1. The van der Waals surface area contributed by atoms with E-state index in [-0.39, 0.29) is 17.1 Å². The van der Waals surface area contributed by atoms with Gasteiger partial charge in [-0.1, -0.05) is 73.6 Å². The molecule has 4 aliphatic rings. The largest absolute Gasteiger partial charge is 0.491 e. The molecule has 6 rings (SSSR count). The highest BCUT2D eigenvalue weighted by Gasteiger charge is 2.48. The lowest BCUT2D eigenvalue weighted by Crippen LogP contribution is -2.57. The molecule has 3 aliphatic heterocycles. The van der Waals surface area contributed by atoms with Crippen LogP contribution in [0.3, 0.4) is 0 Å². The normalized spacial score (nSPS) is 31.7. The molecule has 1 aliphatic carbocycles. The zero-order valence-corrected chi connectivity index (χ0v) is 34.5. The summed E-state index contributed by atoms with van der Waals surface area (Å²) >= 11 is 6.53. The van der Waals surface area contributed by atoms with Crippen LogP contribution in [-0.2, 0) is 11.2 Å². The zero-order chi connectivity index (χ0) is 37.5. The number of benzene rings is 2. The number of carbonyl (C=O) groups excluding carboxylic acids is 1. The average molecular weight is 767 g/mol. The summed E-state index contributed by atoms with van der Waals surface area (Å²) in [6.07, 6.45) is 11.2. The van der Waals surface area contributed by atoms with Crippen molar-refractivity contribution >= 4 is 39.7 Å². The van der Waals surface area contributed by atoms with Crippen molar-refractivity contribution in [2.24, 2.45) is 17.8 Å². The topological polar surface area (TPSA) is 69.3 Å². The molecule has 7 unspecified atom stereocenters. The summed E-state index contributed by atoms with van der Waals surface area (Å²) in [6, 6.07) is 12.3. The summed E-state index contributed by atoms with van der Waals surface area (Å²) in [4.78, 5) is 21.4. The molecule has 2 fully saturated rings. The average Bonchev–Trinajstić information content (AvgIpc) is 3.31. The molecule has 2 aromatic carbocycles. The molecule has 0 aromatic heterocycles.